The molecule has 1 aromatic carbocycles. The van der Waals surface area contributed by atoms with Gasteiger partial charge in [0.15, 0.2) is 11.5 Å². The molecule has 1 aliphatic rings. The Morgan fingerprint density at radius 3 is 2.83 bits per heavy atom. The summed E-state index contributed by atoms with van der Waals surface area (Å²) in [5.41, 5.74) is 1.45. The first-order chi connectivity index (χ1) is 11.7. The van der Waals surface area contributed by atoms with Crippen LogP contribution in [0.4, 0.5) is 0 Å². The molecule has 0 aliphatic carbocycles. The van der Waals surface area contributed by atoms with E-state index in [-0.39, 0.29) is 5.91 Å². The molecule has 126 valence electrons. The van der Waals surface area contributed by atoms with E-state index in [4.69, 9.17) is 9.47 Å². The second kappa shape index (κ2) is 7.29. The van der Waals surface area contributed by atoms with Gasteiger partial charge >= 0.3 is 0 Å². The number of rotatable bonds is 3. The zero-order valence-electron chi connectivity index (χ0n) is 14.0. The molecule has 0 saturated carbocycles. The van der Waals surface area contributed by atoms with E-state index in [9.17, 15) is 4.79 Å². The highest BCUT2D eigenvalue weighted by molar-refractivity contribution is 5.93. The number of carbonyl (C=O) groups excluding carboxylic acids is 1. The van der Waals surface area contributed by atoms with E-state index in [1.807, 2.05) is 30.0 Å². The first-order valence-corrected chi connectivity index (χ1v) is 8.11. The van der Waals surface area contributed by atoms with E-state index in [2.05, 4.69) is 9.97 Å². The molecule has 0 radical (unpaired) electrons. The van der Waals surface area contributed by atoms with Crippen molar-refractivity contribution in [2.75, 3.05) is 20.3 Å². The quantitative estimate of drug-likeness (QED) is 0.866. The minimum atomic E-state index is -0.0617. The molecule has 1 aliphatic heterocycles. The molecule has 24 heavy (non-hydrogen) atoms. The molecule has 1 aromatic heterocycles. The van der Waals surface area contributed by atoms with Crippen LogP contribution in [0.1, 0.15) is 35.1 Å². The smallest absolute Gasteiger partial charge is 0.257 e. The summed E-state index contributed by atoms with van der Waals surface area (Å²) in [6.07, 6.45) is 4.73. The van der Waals surface area contributed by atoms with Crippen molar-refractivity contribution in [2.45, 2.75) is 26.3 Å². The zero-order valence-corrected chi connectivity index (χ0v) is 14.0. The second-order valence-electron chi connectivity index (χ2n) is 5.62. The molecule has 2 heterocycles. The second-order valence-corrected chi connectivity index (χ2v) is 5.62. The Bertz CT molecular complexity index is 716. The summed E-state index contributed by atoms with van der Waals surface area (Å²) in [4.78, 5) is 23.1. The standard InChI is InChI=1S/C18H21N3O3/c1-3-16-19-10-14(11-20-16)18(22)21-8-5-9-24-17-13(12-21)6-4-7-15(17)23-2/h4,6-7,10-11H,3,5,8-9,12H2,1-2H3. The van der Waals surface area contributed by atoms with Crippen molar-refractivity contribution >= 4 is 5.91 Å². The lowest BCUT2D eigenvalue weighted by Gasteiger charge is -2.27. The van der Waals surface area contributed by atoms with Gasteiger partial charge in [0.2, 0.25) is 0 Å². The van der Waals surface area contributed by atoms with Crippen LogP contribution in [0.5, 0.6) is 11.5 Å². The van der Waals surface area contributed by atoms with Crippen LogP contribution in [0.25, 0.3) is 0 Å². The molecular formula is C18H21N3O3. The van der Waals surface area contributed by atoms with Gasteiger partial charge in [-0.05, 0) is 12.5 Å². The number of methoxy groups -OCH3 is 1. The number of ether oxygens (including phenoxy) is 2. The summed E-state index contributed by atoms with van der Waals surface area (Å²) in [5, 5.41) is 0. The number of hydrogen-bond acceptors (Lipinski definition) is 5. The van der Waals surface area contributed by atoms with Crippen molar-refractivity contribution in [3.63, 3.8) is 0 Å². The third-order valence-electron chi connectivity index (χ3n) is 4.02. The summed E-state index contributed by atoms with van der Waals surface area (Å²) in [7, 11) is 1.62. The third kappa shape index (κ3) is 3.32. The Morgan fingerprint density at radius 2 is 2.12 bits per heavy atom. The summed E-state index contributed by atoms with van der Waals surface area (Å²) < 4.78 is 11.2. The van der Waals surface area contributed by atoms with Crippen LogP contribution >= 0.6 is 0 Å². The number of para-hydroxylation sites is 1. The molecule has 0 spiro atoms. The number of fused-ring (bicyclic) bond motifs is 1. The molecule has 6 heteroatoms. The Balaban J connectivity index is 1.86. The van der Waals surface area contributed by atoms with E-state index < -0.39 is 0 Å². The normalized spacial score (nSPS) is 14.2. The molecular weight excluding hydrogens is 306 g/mol. The summed E-state index contributed by atoms with van der Waals surface area (Å²) in [5.74, 6) is 2.09. The third-order valence-corrected chi connectivity index (χ3v) is 4.02. The molecule has 1 amide bonds. The van der Waals surface area contributed by atoms with Gasteiger partial charge in [-0.1, -0.05) is 19.1 Å². The highest BCUT2D eigenvalue weighted by atomic mass is 16.5. The molecule has 0 fully saturated rings. The number of hydrogen-bond donors (Lipinski definition) is 0. The van der Waals surface area contributed by atoms with Gasteiger partial charge in [-0.3, -0.25) is 4.79 Å². The number of aromatic nitrogens is 2. The van der Waals surface area contributed by atoms with Crippen LogP contribution in [-0.4, -0.2) is 41.0 Å². The summed E-state index contributed by atoms with van der Waals surface area (Å²) in [6.45, 7) is 3.63. The first kappa shape index (κ1) is 16.2. The topological polar surface area (TPSA) is 64.6 Å². The van der Waals surface area contributed by atoms with Crippen molar-refractivity contribution in [1.82, 2.24) is 14.9 Å². The lowest BCUT2D eigenvalue weighted by molar-refractivity contribution is 0.0720. The fraction of sp³-hybridized carbons (Fsp3) is 0.389. The van der Waals surface area contributed by atoms with Crippen molar-refractivity contribution in [3.05, 3.63) is 47.5 Å². The minimum absolute atomic E-state index is 0.0617. The molecule has 3 rings (SSSR count). The van der Waals surface area contributed by atoms with Gasteiger partial charge in [-0.2, -0.15) is 0 Å². The van der Waals surface area contributed by atoms with Gasteiger partial charge in [-0.25, -0.2) is 9.97 Å². The van der Waals surface area contributed by atoms with Gasteiger partial charge in [0.25, 0.3) is 5.91 Å². The van der Waals surface area contributed by atoms with Gasteiger partial charge < -0.3 is 14.4 Å². The highest BCUT2D eigenvalue weighted by Crippen LogP contribution is 2.33. The van der Waals surface area contributed by atoms with Gasteiger partial charge in [-0.15, -0.1) is 0 Å². The first-order valence-electron chi connectivity index (χ1n) is 8.11. The van der Waals surface area contributed by atoms with Crippen LogP contribution in [-0.2, 0) is 13.0 Å². The van der Waals surface area contributed by atoms with Gasteiger partial charge in [0, 0.05) is 37.5 Å². The molecule has 0 saturated heterocycles. The van der Waals surface area contributed by atoms with Crippen LogP contribution in [0.3, 0.4) is 0 Å². The number of carbonyl (C=O) groups is 1. The molecule has 2 aromatic rings. The van der Waals surface area contributed by atoms with Crippen molar-refractivity contribution < 1.29 is 14.3 Å². The monoisotopic (exact) mass is 327 g/mol. The van der Waals surface area contributed by atoms with Crippen LogP contribution in [0, 0.1) is 0 Å². The maximum Gasteiger partial charge on any atom is 0.257 e. The van der Waals surface area contributed by atoms with Gasteiger partial charge in [0.1, 0.15) is 5.82 Å². The lowest BCUT2D eigenvalue weighted by Crippen LogP contribution is -2.34. The number of benzene rings is 1. The Morgan fingerprint density at radius 1 is 1.33 bits per heavy atom. The predicted molar refractivity (Wildman–Crippen MR) is 89.3 cm³/mol. The lowest BCUT2D eigenvalue weighted by atomic mass is 10.1. The largest absolute Gasteiger partial charge is 0.493 e. The van der Waals surface area contributed by atoms with E-state index in [1.54, 1.807) is 19.5 Å². The van der Waals surface area contributed by atoms with Gasteiger partial charge in [0.05, 0.1) is 19.3 Å². The average Bonchev–Trinajstić information content (AvgIpc) is 2.61. The molecule has 0 bridgehead atoms. The Labute approximate surface area is 141 Å². The van der Waals surface area contributed by atoms with Crippen molar-refractivity contribution in [2.24, 2.45) is 0 Å². The van der Waals surface area contributed by atoms with Crippen LogP contribution in [0.15, 0.2) is 30.6 Å². The van der Waals surface area contributed by atoms with Crippen LogP contribution in [0.2, 0.25) is 0 Å². The van der Waals surface area contributed by atoms with E-state index >= 15 is 0 Å². The Hall–Kier alpha value is -2.63. The Kier molecular flexibility index (Phi) is 4.93. The molecule has 6 nitrogen and oxygen atoms in total. The fourth-order valence-corrected chi connectivity index (χ4v) is 2.73. The SMILES string of the molecule is CCc1ncc(C(=O)N2CCCOc3c(cccc3OC)C2)cn1. The van der Waals surface area contributed by atoms with E-state index in [0.717, 1.165) is 30.0 Å². The highest BCUT2D eigenvalue weighted by Gasteiger charge is 2.22. The van der Waals surface area contributed by atoms with Crippen molar-refractivity contribution in [3.8, 4) is 11.5 Å². The fourth-order valence-electron chi connectivity index (χ4n) is 2.73. The number of aryl methyl sites for hydroxylation is 1. The minimum Gasteiger partial charge on any atom is -0.493 e. The molecule has 0 N–H and O–H groups in total. The van der Waals surface area contributed by atoms with E-state index in [0.29, 0.717) is 31.0 Å². The van der Waals surface area contributed by atoms with E-state index in [1.165, 1.54) is 0 Å². The summed E-state index contributed by atoms with van der Waals surface area (Å²) in [6, 6.07) is 5.73. The number of amides is 1. The molecule has 0 unspecified atom stereocenters. The summed E-state index contributed by atoms with van der Waals surface area (Å²) >= 11 is 0. The van der Waals surface area contributed by atoms with Crippen molar-refractivity contribution in [1.29, 1.82) is 0 Å². The maximum atomic E-state index is 12.8. The zero-order chi connectivity index (χ0) is 16.9. The number of nitrogens with zero attached hydrogens (tertiary/aromatic N) is 3. The van der Waals surface area contributed by atoms with Crippen LogP contribution < -0.4 is 9.47 Å². The predicted octanol–water partition coefficient (Wildman–Crippen LogP) is 2.47. The molecule has 0 atom stereocenters. The average molecular weight is 327 g/mol. The maximum absolute atomic E-state index is 12.8.